The lowest BCUT2D eigenvalue weighted by Crippen LogP contribution is -2.37. The van der Waals surface area contributed by atoms with Crippen LogP contribution in [0, 0.1) is 18.6 Å². The molecule has 0 amide bonds. The van der Waals surface area contributed by atoms with E-state index in [1.165, 1.54) is 6.92 Å². The van der Waals surface area contributed by atoms with E-state index in [0.717, 1.165) is 12.1 Å². The highest BCUT2D eigenvalue weighted by molar-refractivity contribution is 5.27. The third-order valence-electron chi connectivity index (χ3n) is 2.67. The van der Waals surface area contributed by atoms with E-state index in [9.17, 15) is 8.78 Å². The van der Waals surface area contributed by atoms with Gasteiger partial charge in [-0.15, -0.1) is 0 Å². The first-order chi connectivity index (χ1) is 7.99. The minimum absolute atomic E-state index is 0.181. The molecule has 0 spiro atoms. The molecule has 96 valence electrons. The lowest BCUT2D eigenvalue weighted by Gasteiger charge is -2.21. The minimum atomic E-state index is -0.547. The molecule has 0 aromatic heterocycles. The molecule has 3 nitrogen and oxygen atoms in total. The predicted octanol–water partition coefficient (Wildman–Crippen LogP) is 1.28. The van der Waals surface area contributed by atoms with Crippen LogP contribution in [0.2, 0.25) is 0 Å². The first-order valence-electron chi connectivity index (χ1n) is 5.42. The molecule has 1 aromatic rings. The Kier molecular flexibility index (Phi) is 4.99. The van der Waals surface area contributed by atoms with Crippen LogP contribution < -0.4 is 5.32 Å². The number of halogens is 2. The minimum Gasteiger partial charge on any atom is -0.395 e. The van der Waals surface area contributed by atoms with Gasteiger partial charge in [0, 0.05) is 11.6 Å². The second kappa shape index (κ2) is 6.05. The Morgan fingerprint density at radius 2 is 1.76 bits per heavy atom. The average molecular weight is 245 g/mol. The highest BCUT2D eigenvalue weighted by Crippen LogP contribution is 2.20. The Morgan fingerprint density at radius 1 is 1.18 bits per heavy atom. The maximum absolute atomic E-state index is 13.6. The summed E-state index contributed by atoms with van der Waals surface area (Å²) in [6.07, 6.45) is 0. The average Bonchev–Trinajstić information content (AvgIpc) is 2.30. The lowest BCUT2D eigenvalue weighted by molar-refractivity contribution is 0.163. The number of aliphatic hydroxyl groups excluding tert-OH is 2. The topological polar surface area (TPSA) is 52.5 Å². The molecule has 1 unspecified atom stereocenters. The van der Waals surface area contributed by atoms with Crippen molar-refractivity contribution in [2.75, 3.05) is 13.2 Å². The largest absolute Gasteiger partial charge is 0.395 e. The molecule has 17 heavy (non-hydrogen) atoms. The number of rotatable bonds is 5. The number of aliphatic hydroxyl groups is 2. The van der Waals surface area contributed by atoms with Crippen molar-refractivity contribution < 1.29 is 19.0 Å². The number of benzene rings is 1. The van der Waals surface area contributed by atoms with Gasteiger partial charge < -0.3 is 15.5 Å². The van der Waals surface area contributed by atoms with Gasteiger partial charge in [0.2, 0.25) is 0 Å². The van der Waals surface area contributed by atoms with Gasteiger partial charge >= 0.3 is 0 Å². The molecule has 0 bridgehead atoms. The van der Waals surface area contributed by atoms with E-state index in [2.05, 4.69) is 5.32 Å². The molecular formula is C12H17F2NO2. The summed E-state index contributed by atoms with van der Waals surface area (Å²) in [5.41, 5.74) is 0.430. The summed E-state index contributed by atoms with van der Waals surface area (Å²) in [5.74, 6) is -0.974. The van der Waals surface area contributed by atoms with Gasteiger partial charge in [0.15, 0.2) is 0 Å². The molecule has 0 aliphatic carbocycles. The Morgan fingerprint density at radius 3 is 2.29 bits per heavy atom. The molecule has 1 aromatic carbocycles. The highest BCUT2D eigenvalue weighted by atomic mass is 19.1. The van der Waals surface area contributed by atoms with Crippen molar-refractivity contribution in [3.05, 3.63) is 34.9 Å². The summed E-state index contributed by atoms with van der Waals surface area (Å²) < 4.78 is 26.9. The Bertz CT molecular complexity index is 381. The van der Waals surface area contributed by atoms with Crippen molar-refractivity contribution in [1.82, 2.24) is 5.32 Å². The molecule has 0 saturated carbocycles. The third kappa shape index (κ3) is 3.46. The number of nitrogens with one attached hydrogen (secondary N) is 1. The molecular weight excluding hydrogens is 228 g/mol. The SMILES string of the molecule is Cc1cc(F)c(C(C)NC(CO)CO)cc1F. The van der Waals surface area contributed by atoms with Crippen LogP contribution in [0.1, 0.15) is 24.1 Å². The standard InChI is InChI=1S/C12H17F2NO2/c1-7-3-12(14)10(4-11(7)13)8(2)15-9(5-16)6-17/h3-4,8-9,15-17H,5-6H2,1-2H3. The molecule has 0 heterocycles. The van der Waals surface area contributed by atoms with Crippen molar-refractivity contribution in [3.63, 3.8) is 0 Å². The first kappa shape index (κ1) is 14.0. The maximum Gasteiger partial charge on any atom is 0.128 e. The fourth-order valence-corrected chi connectivity index (χ4v) is 1.60. The van der Waals surface area contributed by atoms with Crippen LogP contribution in [0.3, 0.4) is 0 Å². The van der Waals surface area contributed by atoms with Gasteiger partial charge in [-0.05, 0) is 31.5 Å². The Hall–Kier alpha value is -1.04. The summed E-state index contributed by atoms with van der Waals surface area (Å²) in [6, 6.07) is 1.23. The van der Waals surface area contributed by atoms with Crippen LogP contribution in [-0.4, -0.2) is 29.5 Å². The third-order valence-corrected chi connectivity index (χ3v) is 2.67. The highest BCUT2D eigenvalue weighted by Gasteiger charge is 2.16. The molecule has 0 radical (unpaired) electrons. The first-order valence-corrected chi connectivity index (χ1v) is 5.42. The number of aryl methyl sites for hydroxylation is 1. The zero-order chi connectivity index (χ0) is 13.0. The van der Waals surface area contributed by atoms with E-state index in [0.29, 0.717) is 0 Å². The number of hydrogen-bond acceptors (Lipinski definition) is 3. The zero-order valence-electron chi connectivity index (χ0n) is 9.87. The van der Waals surface area contributed by atoms with E-state index < -0.39 is 23.7 Å². The Labute approximate surface area is 99.1 Å². The van der Waals surface area contributed by atoms with Gasteiger partial charge in [0.1, 0.15) is 11.6 Å². The van der Waals surface area contributed by atoms with Crippen LogP contribution in [0.15, 0.2) is 12.1 Å². The summed E-state index contributed by atoms with van der Waals surface area (Å²) >= 11 is 0. The fourth-order valence-electron chi connectivity index (χ4n) is 1.60. The second-order valence-corrected chi connectivity index (χ2v) is 4.07. The van der Waals surface area contributed by atoms with E-state index in [-0.39, 0.29) is 24.3 Å². The lowest BCUT2D eigenvalue weighted by atomic mass is 10.0. The van der Waals surface area contributed by atoms with Crippen molar-refractivity contribution in [2.45, 2.75) is 25.9 Å². The molecule has 5 heteroatoms. The van der Waals surface area contributed by atoms with Crippen LogP contribution in [0.25, 0.3) is 0 Å². The molecule has 0 fully saturated rings. The molecule has 3 N–H and O–H groups in total. The van der Waals surface area contributed by atoms with E-state index >= 15 is 0 Å². The second-order valence-electron chi connectivity index (χ2n) is 4.07. The van der Waals surface area contributed by atoms with Crippen molar-refractivity contribution >= 4 is 0 Å². The molecule has 0 aliphatic rings. The molecule has 0 saturated heterocycles. The summed E-state index contributed by atoms with van der Waals surface area (Å²) in [7, 11) is 0. The predicted molar refractivity (Wildman–Crippen MR) is 60.6 cm³/mol. The van der Waals surface area contributed by atoms with Crippen molar-refractivity contribution in [1.29, 1.82) is 0 Å². The normalized spacial score (nSPS) is 13.1. The summed E-state index contributed by atoms with van der Waals surface area (Å²) in [5, 5.41) is 20.6. The van der Waals surface area contributed by atoms with E-state index in [1.54, 1.807) is 6.92 Å². The van der Waals surface area contributed by atoms with Crippen LogP contribution >= 0.6 is 0 Å². The quantitative estimate of drug-likeness (QED) is 0.732. The van der Waals surface area contributed by atoms with Gasteiger partial charge in [-0.3, -0.25) is 0 Å². The smallest absolute Gasteiger partial charge is 0.128 e. The van der Waals surface area contributed by atoms with Gasteiger partial charge in [-0.1, -0.05) is 0 Å². The summed E-state index contributed by atoms with van der Waals surface area (Å²) in [6.45, 7) is 2.60. The van der Waals surface area contributed by atoms with Crippen molar-refractivity contribution in [2.24, 2.45) is 0 Å². The van der Waals surface area contributed by atoms with Gasteiger partial charge in [0.05, 0.1) is 19.3 Å². The summed E-state index contributed by atoms with van der Waals surface area (Å²) in [4.78, 5) is 0. The maximum atomic E-state index is 13.6. The molecule has 1 atom stereocenters. The van der Waals surface area contributed by atoms with Gasteiger partial charge in [-0.25, -0.2) is 8.78 Å². The van der Waals surface area contributed by atoms with Crippen LogP contribution in [0.4, 0.5) is 8.78 Å². The fraction of sp³-hybridized carbons (Fsp3) is 0.500. The van der Waals surface area contributed by atoms with Crippen LogP contribution in [-0.2, 0) is 0 Å². The zero-order valence-corrected chi connectivity index (χ0v) is 9.87. The van der Waals surface area contributed by atoms with E-state index in [1.807, 2.05) is 0 Å². The number of hydrogen-bond donors (Lipinski definition) is 3. The van der Waals surface area contributed by atoms with E-state index in [4.69, 9.17) is 10.2 Å². The Balaban J connectivity index is 2.88. The van der Waals surface area contributed by atoms with Crippen LogP contribution in [0.5, 0.6) is 0 Å². The van der Waals surface area contributed by atoms with Crippen molar-refractivity contribution in [3.8, 4) is 0 Å². The molecule has 0 aliphatic heterocycles. The van der Waals surface area contributed by atoms with Gasteiger partial charge in [-0.2, -0.15) is 0 Å². The van der Waals surface area contributed by atoms with Gasteiger partial charge in [0.25, 0.3) is 0 Å². The molecule has 1 rings (SSSR count). The monoisotopic (exact) mass is 245 g/mol.